The number of ether oxygens (including phenoxy) is 2. The van der Waals surface area contributed by atoms with Crippen LogP contribution in [-0.4, -0.2) is 36.4 Å². The van der Waals surface area contributed by atoms with Gasteiger partial charge < -0.3 is 14.6 Å². The first kappa shape index (κ1) is 24.2. The van der Waals surface area contributed by atoms with Crippen molar-refractivity contribution in [3.05, 3.63) is 35.5 Å². The van der Waals surface area contributed by atoms with Crippen LogP contribution >= 0.6 is 0 Å². The number of allylic oxidation sites excluding steroid dienone is 3. The maximum Gasteiger partial charge on any atom is 0.308 e. The standard InChI is InChI=1S/C23H36O5/c1-15(2)22(25)27-13-17(5)8-7-9-18(6)19-10-11-20(21(24)12-19)14-28-23(26)16(3)4/h8,11,15-16,19,21,24H,6-7,9-10,12-14H2,1-5H3/b17-8+. The second kappa shape index (κ2) is 11.8. The second-order valence-corrected chi connectivity index (χ2v) is 8.24. The zero-order valence-electron chi connectivity index (χ0n) is 18.0. The van der Waals surface area contributed by atoms with Crippen molar-refractivity contribution in [1.82, 2.24) is 0 Å². The van der Waals surface area contributed by atoms with Gasteiger partial charge >= 0.3 is 11.9 Å². The van der Waals surface area contributed by atoms with Gasteiger partial charge in [-0.25, -0.2) is 0 Å². The number of hydrogen-bond donors (Lipinski definition) is 1. The minimum Gasteiger partial charge on any atom is -0.461 e. The first-order valence-corrected chi connectivity index (χ1v) is 10.1. The summed E-state index contributed by atoms with van der Waals surface area (Å²) in [7, 11) is 0. The molecule has 0 heterocycles. The normalized spacial score (nSPS) is 20.1. The molecule has 0 bridgehead atoms. The van der Waals surface area contributed by atoms with E-state index in [2.05, 4.69) is 12.7 Å². The van der Waals surface area contributed by atoms with Gasteiger partial charge in [0.05, 0.1) is 17.9 Å². The van der Waals surface area contributed by atoms with E-state index in [1.165, 1.54) is 0 Å². The molecule has 0 amide bonds. The Morgan fingerprint density at radius 1 is 1.21 bits per heavy atom. The van der Waals surface area contributed by atoms with Crippen LogP contribution in [0.15, 0.2) is 35.5 Å². The number of carbonyl (C=O) groups is 2. The van der Waals surface area contributed by atoms with Crippen LogP contribution in [0.4, 0.5) is 0 Å². The average molecular weight is 393 g/mol. The lowest BCUT2D eigenvalue weighted by Gasteiger charge is -2.28. The van der Waals surface area contributed by atoms with Gasteiger partial charge in [-0.3, -0.25) is 9.59 Å². The summed E-state index contributed by atoms with van der Waals surface area (Å²) in [5.41, 5.74) is 2.91. The molecular formula is C23H36O5. The molecule has 2 atom stereocenters. The van der Waals surface area contributed by atoms with Crippen molar-refractivity contribution in [2.75, 3.05) is 13.2 Å². The predicted octanol–water partition coefficient (Wildman–Crippen LogP) is 4.36. The van der Waals surface area contributed by atoms with Gasteiger partial charge in [-0.15, -0.1) is 0 Å². The van der Waals surface area contributed by atoms with Gasteiger partial charge in [0.25, 0.3) is 0 Å². The van der Waals surface area contributed by atoms with Crippen LogP contribution < -0.4 is 0 Å². The maximum atomic E-state index is 11.6. The molecule has 2 unspecified atom stereocenters. The zero-order valence-corrected chi connectivity index (χ0v) is 18.0. The van der Waals surface area contributed by atoms with Gasteiger partial charge in [-0.1, -0.05) is 52.0 Å². The number of rotatable bonds is 10. The molecule has 158 valence electrons. The van der Waals surface area contributed by atoms with Gasteiger partial charge in [0.15, 0.2) is 0 Å². The van der Waals surface area contributed by atoms with Gasteiger partial charge in [0.1, 0.15) is 13.2 Å². The van der Waals surface area contributed by atoms with Crippen LogP contribution in [0.25, 0.3) is 0 Å². The fourth-order valence-electron chi connectivity index (χ4n) is 2.87. The molecule has 1 rings (SSSR count). The molecule has 5 heteroatoms. The number of hydrogen-bond acceptors (Lipinski definition) is 5. The largest absolute Gasteiger partial charge is 0.461 e. The Morgan fingerprint density at radius 3 is 2.39 bits per heavy atom. The lowest BCUT2D eigenvalue weighted by atomic mass is 9.82. The van der Waals surface area contributed by atoms with E-state index in [9.17, 15) is 14.7 Å². The molecule has 0 aromatic heterocycles. The van der Waals surface area contributed by atoms with E-state index in [1.54, 1.807) is 13.8 Å². The summed E-state index contributed by atoms with van der Waals surface area (Å²) in [5, 5.41) is 10.4. The molecule has 0 aromatic carbocycles. The molecule has 1 aliphatic rings. The zero-order chi connectivity index (χ0) is 21.3. The van der Waals surface area contributed by atoms with Crippen LogP contribution in [0.2, 0.25) is 0 Å². The number of aliphatic hydroxyl groups is 1. The molecule has 0 spiro atoms. The Balaban J connectivity index is 2.40. The first-order valence-electron chi connectivity index (χ1n) is 10.1. The summed E-state index contributed by atoms with van der Waals surface area (Å²) in [5.74, 6) is -0.487. The highest BCUT2D eigenvalue weighted by Gasteiger charge is 2.25. The van der Waals surface area contributed by atoms with Crippen molar-refractivity contribution >= 4 is 11.9 Å². The lowest BCUT2D eigenvalue weighted by Crippen LogP contribution is -2.25. The van der Waals surface area contributed by atoms with Crippen LogP contribution in [0.3, 0.4) is 0 Å². The van der Waals surface area contributed by atoms with Crippen molar-refractivity contribution in [2.24, 2.45) is 17.8 Å². The summed E-state index contributed by atoms with van der Waals surface area (Å²) >= 11 is 0. The fourth-order valence-corrected chi connectivity index (χ4v) is 2.87. The smallest absolute Gasteiger partial charge is 0.308 e. The summed E-state index contributed by atoms with van der Waals surface area (Å²) in [6.45, 7) is 13.8. The lowest BCUT2D eigenvalue weighted by molar-refractivity contribution is -0.147. The molecule has 0 fully saturated rings. The third kappa shape index (κ3) is 8.42. The van der Waals surface area contributed by atoms with Crippen LogP contribution in [0.1, 0.15) is 60.3 Å². The first-order chi connectivity index (χ1) is 13.1. The number of aliphatic hydroxyl groups excluding tert-OH is 1. The van der Waals surface area contributed by atoms with E-state index in [0.717, 1.165) is 36.0 Å². The van der Waals surface area contributed by atoms with E-state index >= 15 is 0 Å². The van der Waals surface area contributed by atoms with Crippen LogP contribution in [-0.2, 0) is 19.1 Å². The Morgan fingerprint density at radius 2 is 1.82 bits per heavy atom. The third-order valence-electron chi connectivity index (χ3n) is 4.90. The Bertz CT molecular complexity index is 612. The molecule has 0 radical (unpaired) electrons. The van der Waals surface area contributed by atoms with Crippen LogP contribution in [0, 0.1) is 17.8 Å². The SMILES string of the molecule is C=C(CC/C=C(\C)COC(=O)C(C)C)C1CC=C(COC(=O)C(C)C)C(O)C1. The summed E-state index contributed by atoms with van der Waals surface area (Å²) < 4.78 is 10.4. The van der Waals surface area contributed by atoms with Crippen molar-refractivity contribution in [1.29, 1.82) is 0 Å². The number of carbonyl (C=O) groups excluding carboxylic acids is 2. The van der Waals surface area contributed by atoms with E-state index in [-0.39, 0.29) is 36.3 Å². The van der Waals surface area contributed by atoms with E-state index in [4.69, 9.17) is 9.47 Å². The Labute approximate surface area is 169 Å². The highest BCUT2D eigenvalue weighted by atomic mass is 16.5. The van der Waals surface area contributed by atoms with Crippen molar-refractivity contribution in [3.8, 4) is 0 Å². The summed E-state index contributed by atoms with van der Waals surface area (Å²) in [6.07, 6.45) is 6.53. The minimum absolute atomic E-state index is 0.114. The molecule has 0 saturated heterocycles. The molecular weight excluding hydrogens is 356 g/mol. The highest BCUT2D eigenvalue weighted by molar-refractivity contribution is 5.72. The van der Waals surface area contributed by atoms with Gasteiger partial charge in [0, 0.05) is 0 Å². The van der Waals surface area contributed by atoms with Crippen molar-refractivity contribution in [3.63, 3.8) is 0 Å². The molecule has 1 aliphatic carbocycles. The molecule has 1 N–H and O–H groups in total. The van der Waals surface area contributed by atoms with Crippen LogP contribution in [0.5, 0.6) is 0 Å². The summed E-state index contributed by atoms with van der Waals surface area (Å²) in [4.78, 5) is 23.1. The molecule has 0 aliphatic heterocycles. The van der Waals surface area contributed by atoms with Gasteiger partial charge in [-0.2, -0.15) is 0 Å². The van der Waals surface area contributed by atoms with Gasteiger partial charge in [0.2, 0.25) is 0 Å². The average Bonchev–Trinajstić information content (AvgIpc) is 2.64. The van der Waals surface area contributed by atoms with Crippen molar-refractivity contribution in [2.45, 2.75) is 66.4 Å². The third-order valence-corrected chi connectivity index (χ3v) is 4.90. The van der Waals surface area contributed by atoms with E-state index < -0.39 is 6.10 Å². The second-order valence-electron chi connectivity index (χ2n) is 8.24. The topological polar surface area (TPSA) is 72.8 Å². The highest BCUT2D eigenvalue weighted by Crippen LogP contribution is 2.31. The van der Waals surface area contributed by atoms with E-state index in [1.807, 2.05) is 26.8 Å². The monoisotopic (exact) mass is 392 g/mol. The molecule has 5 nitrogen and oxygen atoms in total. The molecule has 28 heavy (non-hydrogen) atoms. The fraction of sp³-hybridized carbons (Fsp3) is 0.652. The number of esters is 2. The predicted molar refractivity (Wildman–Crippen MR) is 111 cm³/mol. The molecule has 0 saturated carbocycles. The minimum atomic E-state index is -0.594. The Kier molecular flexibility index (Phi) is 10.2. The Hall–Kier alpha value is -1.88. The molecule has 0 aromatic rings. The maximum absolute atomic E-state index is 11.6. The van der Waals surface area contributed by atoms with Gasteiger partial charge in [-0.05, 0) is 49.7 Å². The van der Waals surface area contributed by atoms with Crippen molar-refractivity contribution < 1.29 is 24.2 Å². The summed E-state index contributed by atoms with van der Waals surface area (Å²) in [6, 6.07) is 0. The quantitative estimate of drug-likeness (QED) is 0.442. The van der Waals surface area contributed by atoms with E-state index in [0.29, 0.717) is 13.0 Å².